The Morgan fingerprint density at radius 3 is 2.83 bits per heavy atom. The van der Waals surface area contributed by atoms with Crippen LogP contribution in [0.2, 0.25) is 0 Å². The van der Waals surface area contributed by atoms with Crippen molar-refractivity contribution in [3.05, 3.63) is 46.8 Å². The number of piperidine rings is 3. The third kappa shape index (κ3) is 4.19. The lowest BCUT2D eigenvalue weighted by atomic mass is 9.84. The minimum Gasteiger partial charge on any atom is -0.446 e. The number of ether oxygens (including phenoxy) is 2. The molecule has 2 N–H and O–H groups in total. The maximum atomic E-state index is 12.8. The van der Waals surface area contributed by atoms with Gasteiger partial charge in [0.05, 0.1) is 24.1 Å². The zero-order valence-electron chi connectivity index (χ0n) is 16.4. The van der Waals surface area contributed by atoms with E-state index in [-0.39, 0.29) is 18.0 Å². The number of nitrogens with one attached hydrogen (secondary N) is 2. The van der Waals surface area contributed by atoms with Crippen LogP contribution in [0.4, 0.5) is 0 Å². The Bertz CT molecular complexity index is 856. The number of hydrogen-bond donors (Lipinski definition) is 2. The molecule has 0 aliphatic carbocycles. The molecule has 0 spiro atoms. The number of fused-ring (bicyclic) bond motifs is 3. The zero-order chi connectivity index (χ0) is 19.6. The first-order valence-electron chi connectivity index (χ1n) is 10.5. The molecule has 2 bridgehead atoms. The predicted molar refractivity (Wildman–Crippen MR) is 113 cm³/mol. The lowest BCUT2D eigenvalue weighted by molar-refractivity contribution is 0.0622. The Hall–Kier alpha value is -1.93. The first-order valence-corrected chi connectivity index (χ1v) is 11.3. The number of para-hydroxylation sites is 1. The van der Waals surface area contributed by atoms with Crippen molar-refractivity contribution in [3.63, 3.8) is 0 Å². The molecule has 2 atom stereocenters. The van der Waals surface area contributed by atoms with Gasteiger partial charge in [0.1, 0.15) is 5.75 Å². The Morgan fingerprint density at radius 2 is 2.07 bits per heavy atom. The van der Waals surface area contributed by atoms with Crippen LogP contribution in [0.5, 0.6) is 10.8 Å². The summed E-state index contributed by atoms with van der Waals surface area (Å²) in [6.45, 7) is 5.54. The molecule has 2 aromatic rings. The van der Waals surface area contributed by atoms with E-state index in [1.807, 2.05) is 30.3 Å². The molecule has 6 nitrogen and oxygen atoms in total. The van der Waals surface area contributed by atoms with Crippen molar-refractivity contribution in [1.82, 2.24) is 15.5 Å². The lowest BCUT2D eigenvalue weighted by Gasteiger charge is -2.44. The molecule has 154 valence electrons. The van der Waals surface area contributed by atoms with Crippen molar-refractivity contribution in [2.24, 2.45) is 5.92 Å². The number of carbonyl (C=O) groups excluding carboxylic acids is 1. The SMILES string of the molecule is O=C(N[C@H]1CN2CCC1CC2)c1ccc(Oc2ccccc2C2COCCN2)s1. The maximum absolute atomic E-state index is 12.8. The molecule has 1 amide bonds. The van der Waals surface area contributed by atoms with E-state index in [1.165, 1.54) is 37.3 Å². The summed E-state index contributed by atoms with van der Waals surface area (Å²) >= 11 is 1.40. The molecule has 1 unspecified atom stereocenters. The fraction of sp³-hybridized carbons (Fsp3) is 0.500. The van der Waals surface area contributed by atoms with Crippen LogP contribution in [-0.4, -0.2) is 56.2 Å². The van der Waals surface area contributed by atoms with Crippen molar-refractivity contribution < 1.29 is 14.3 Å². The van der Waals surface area contributed by atoms with Gasteiger partial charge in [-0.1, -0.05) is 29.5 Å². The third-order valence-corrected chi connectivity index (χ3v) is 7.17. The predicted octanol–water partition coefficient (Wildman–Crippen LogP) is 3.03. The molecule has 4 aliphatic rings. The number of morpholine rings is 1. The number of carbonyl (C=O) groups is 1. The molecule has 7 heteroatoms. The molecule has 0 radical (unpaired) electrons. The molecule has 5 heterocycles. The Kier molecular flexibility index (Phi) is 5.54. The highest BCUT2D eigenvalue weighted by atomic mass is 32.1. The van der Waals surface area contributed by atoms with Crippen LogP contribution in [0.1, 0.15) is 34.1 Å². The van der Waals surface area contributed by atoms with Crippen LogP contribution in [-0.2, 0) is 4.74 Å². The van der Waals surface area contributed by atoms with E-state index in [4.69, 9.17) is 9.47 Å². The van der Waals surface area contributed by atoms with Gasteiger partial charge >= 0.3 is 0 Å². The molecule has 0 saturated carbocycles. The summed E-state index contributed by atoms with van der Waals surface area (Å²) < 4.78 is 11.8. The smallest absolute Gasteiger partial charge is 0.261 e. The molecular weight excluding hydrogens is 386 g/mol. The largest absolute Gasteiger partial charge is 0.446 e. The van der Waals surface area contributed by atoms with E-state index in [9.17, 15) is 4.79 Å². The number of hydrogen-bond acceptors (Lipinski definition) is 6. The summed E-state index contributed by atoms with van der Waals surface area (Å²) in [6.07, 6.45) is 2.39. The monoisotopic (exact) mass is 413 g/mol. The lowest BCUT2D eigenvalue weighted by Crippen LogP contribution is -2.57. The van der Waals surface area contributed by atoms with Crippen LogP contribution in [0, 0.1) is 5.92 Å². The Morgan fingerprint density at radius 1 is 1.21 bits per heavy atom. The van der Waals surface area contributed by atoms with Gasteiger partial charge in [-0.15, -0.1) is 0 Å². The quantitative estimate of drug-likeness (QED) is 0.789. The molecule has 1 aromatic heterocycles. The van der Waals surface area contributed by atoms with Gasteiger partial charge < -0.3 is 25.0 Å². The second kappa shape index (κ2) is 8.44. The standard InChI is InChI=1S/C22H27N3O3S/c26-22(24-17-13-25-10-7-15(17)8-11-25)20-5-6-21(29-20)28-19-4-2-1-3-16(19)18-14-27-12-9-23-18/h1-6,15,17-18,23H,7-14H2,(H,24,26)/t17-,18?/m0/s1. The highest BCUT2D eigenvalue weighted by Crippen LogP contribution is 2.35. The second-order valence-corrected chi connectivity index (χ2v) is 9.10. The highest BCUT2D eigenvalue weighted by molar-refractivity contribution is 7.15. The van der Waals surface area contributed by atoms with Gasteiger partial charge in [0.25, 0.3) is 5.91 Å². The van der Waals surface area contributed by atoms with Gasteiger partial charge in [0.15, 0.2) is 5.06 Å². The number of amides is 1. The van der Waals surface area contributed by atoms with Crippen LogP contribution in [0.25, 0.3) is 0 Å². The van der Waals surface area contributed by atoms with Crippen LogP contribution in [0.15, 0.2) is 36.4 Å². The van der Waals surface area contributed by atoms with Crippen LogP contribution in [0.3, 0.4) is 0 Å². The van der Waals surface area contributed by atoms with E-state index in [1.54, 1.807) is 0 Å². The summed E-state index contributed by atoms with van der Waals surface area (Å²) in [5.74, 6) is 1.44. The van der Waals surface area contributed by atoms with E-state index in [2.05, 4.69) is 21.6 Å². The average molecular weight is 414 g/mol. The van der Waals surface area contributed by atoms with E-state index < -0.39 is 0 Å². The summed E-state index contributed by atoms with van der Waals surface area (Å²) in [5, 5.41) is 7.46. The maximum Gasteiger partial charge on any atom is 0.261 e. The van der Waals surface area contributed by atoms with Crippen molar-refractivity contribution in [3.8, 4) is 10.8 Å². The normalized spacial score (nSPS) is 28.8. The van der Waals surface area contributed by atoms with Crippen LogP contribution < -0.4 is 15.4 Å². The van der Waals surface area contributed by atoms with Gasteiger partial charge in [-0.2, -0.15) is 0 Å². The van der Waals surface area contributed by atoms with Crippen molar-refractivity contribution >= 4 is 17.2 Å². The summed E-state index contributed by atoms with van der Waals surface area (Å²) in [4.78, 5) is 15.9. The topological polar surface area (TPSA) is 62.8 Å². The second-order valence-electron chi connectivity index (χ2n) is 8.06. The summed E-state index contributed by atoms with van der Waals surface area (Å²) in [5.41, 5.74) is 1.08. The Labute approximate surface area is 175 Å². The van der Waals surface area contributed by atoms with Gasteiger partial charge in [-0.3, -0.25) is 4.79 Å². The molecule has 1 aromatic carbocycles. The van der Waals surface area contributed by atoms with E-state index in [0.717, 1.165) is 36.1 Å². The number of rotatable bonds is 5. The summed E-state index contributed by atoms with van der Waals surface area (Å²) in [7, 11) is 0. The minimum atomic E-state index is 0.0132. The van der Waals surface area contributed by atoms with Gasteiger partial charge in [0.2, 0.25) is 0 Å². The van der Waals surface area contributed by atoms with E-state index >= 15 is 0 Å². The fourth-order valence-corrected chi connectivity index (χ4v) is 5.37. The number of benzene rings is 1. The number of thiophene rings is 1. The van der Waals surface area contributed by atoms with Gasteiger partial charge in [0, 0.05) is 24.7 Å². The van der Waals surface area contributed by atoms with E-state index in [0.29, 0.717) is 17.4 Å². The first kappa shape index (κ1) is 19.1. The van der Waals surface area contributed by atoms with Crippen molar-refractivity contribution in [1.29, 1.82) is 0 Å². The summed E-state index contributed by atoms with van der Waals surface area (Å²) in [6, 6.07) is 12.2. The Balaban J connectivity index is 1.25. The molecule has 6 rings (SSSR count). The number of nitrogens with zero attached hydrogens (tertiary/aromatic N) is 1. The van der Waals surface area contributed by atoms with Gasteiger partial charge in [-0.25, -0.2) is 0 Å². The molecule has 4 aliphatic heterocycles. The zero-order valence-corrected chi connectivity index (χ0v) is 17.2. The highest BCUT2D eigenvalue weighted by Gasteiger charge is 2.35. The van der Waals surface area contributed by atoms with Crippen molar-refractivity contribution in [2.45, 2.75) is 24.9 Å². The average Bonchev–Trinajstić information content (AvgIpc) is 3.24. The fourth-order valence-electron chi connectivity index (χ4n) is 4.60. The first-order chi connectivity index (χ1) is 14.3. The molecular formula is C22H27N3O3S. The molecule has 29 heavy (non-hydrogen) atoms. The molecule has 4 saturated heterocycles. The molecule has 4 fully saturated rings. The van der Waals surface area contributed by atoms with Crippen LogP contribution >= 0.6 is 11.3 Å². The van der Waals surface area contributed by atoms with Crippen molar-refractivity contribution in [2.75, 3.05) is 39.4 Å². The third-order valence-electron chi connectivity index (χ3n) is 6.20. The van der Waals surface area contributed by atoms with Gasteiger partial charge in [-0.05, 0) is 50.0 Å². The minimum absolute atomic E-state index is 0.0132.